The van der Waals surface area contributed by atoms with Crippen LogP contribution < -0.4 is 5.32 Å². The molecule has 1 amide bonds. The maximum Gasteiger partial charge on any atom is 0.220 e. The predicted molar refractivity (Wildman–Crippen MR) is 267 cm³/mol. The van der Waals surface area contributed by atoms with Gasteiger partial charge in [-0.1, -0.05) is 210 Å². The normalized spacial score (nSPS) is 20.4. The number of ether oxygens (including phenoxy) is 2. The van der Waals surface area contributed by atoms with E-state index >= 15 is 0 Å². The SMILES string of the molecule is CCCCCCCC/C=C\CCCCCCCCCC(=O)NC(COC1OC(CO)C(O)C(O)C1O)C(O)/C=C/CC/C=C/CC/C=C/CCCCCCCCCCCCCCCC. The van der Waals surface area contributed by atoms with Gasteiger partial charge in [-0.3, -0.25) is 4.79 Å². The van der Waals surface area contributed by atoms with Crippen molar-refractivity contribution in [1.29, 1.82) is 0 Å². The van der Waals surface area contributed by atoms with E-state index in [1.807, 2.05) is 6.08 Å². The van der Waals surface area contributed by atoms with E-state index in [0.717, 1.165) is 57.8 Å². The van der Waals surface area contributed by atoms with Crippen LogP contribution in [-0.2, 0) is 14.3 Å². The first-order chi connectivity index (χ1) is 31.3. The van der Waals surface area contributed by atoms with Gasteiger partial charge in [0.25, 0.3) is 0 Å². The van der Waals surface area contributed by atoms with Crippen LogP contribution in [0.15, 0.2) is 48.6 Å². The van der Waals surface area contributed by atoms with Crippen molar-refractivity contribution in [2.75, 3.05) is 13.2 Å². The Balaban J connectivity index is 2.31. The Morgan fingerprint density at radius 3 is 1.31 bits per heavy atom. The van der Waals surface area contributed by atoms with E-state index < -0.39 is 49.5 Å². The zero-order chi connectivity index (χ0) is 46.6. The van der Waals surface area contributed by atoms with Crippen molar-refractivity contribution in [3.05, 3.63) is 48.6 Å². The number of allylic oxidation sites excluding steroid dienone is 7. The van der Waals surface area contributed by atoms with Crippen LogP contribution in [0.4, 0.5) is 0 Å². The molecule has 0 aliphatic carbocycles. The van der Waals surface area contributed by atoms with Gasteiger partial charge in [-0.2, -0.15) is 0 Å². The summed E-state index contributed by atoms with van der Waals surface area (Å²) in [4.78, 5) is 13.0. The summed E-state index contributed by atoms with van der Waals surface area (Å²) in [5.41, 5.74) is 0. The Labute approximate surface area is 393 Å². The van der Waals surface area contributed by atoms with Crippen LogP contribution in [0, 0.1) is 0 Å². The van der Waals surface area contributed by atoms with Gasteiger partial charge in [-0.15, -0.1) is 0 Å². The first kappa shape index (κ1) is 60.2. The number of nitrogens with one attached hydrogen (secondary N) is 1. The molecule has 0 aromatic carbocycles. The number of carbonyl (C=O) groups excluding carboxylic acids is 1. The molecule has 0 aromatic rings. The molecular weight excluding hydrogens is 803 g/mol. The lowest BCUT2D eigenvalue weighted by Gasteiger charge is -2.40. The second kappa shape index (κ2) is 45.0. The third kappa shape index (κ3) is 34.5. The molecule has 0 radical (unpaired) electrons. The Hall–Kier alpha value is -1.85. The van der Waals surface area contributed by atoms with E-state index in [2.05, 4.69) is 55.6 Å². The number of aliphatic hydroxyl groups is 5. The van der Waals surface area contributed by atoms with E-state index in [1.165, 1.54) is 161 Å². The minimum absolute atomic E-state index is 0.195. The Bertz CT molecular complexity index is 1140. The van der Waals surface area contributed by atoms with Gasteiger partial charge >= 0.3 is 0 Å². The smallest absolute Gasteiger partial charge is 0.220 e. The number of aliphatic hydroxyl groups excluding tert-OH is 5. The third-order valence-electron chi connectivity index (χ3n) is 12.6. The molecule has 1 fully saturated rings. The topological polar surface area (TPSA) is 149 Å². The minimum Gasteiger partial charge on any atom is -0.394 e. The van der Waals surface area contributed by atoms with Gasteiger partial charge in [0.1, 0.15) is 24.4 Å². The second-order valence-electron chi connectivity index (χ2n) is 18.6. The number of hydrogen-bond donors (Lipinski definition) is 6. The monoisotopic (exact) mass is 904 g/mol. The quantitative estimate of drug-likeness (QED) is 0.0261. The number of amides is 1. The summed E-state index contributed by atoms with van der Waals surface area (Å²) in [6.07, 6.45) is 51.7. The summed E-state index contributed by atoms with van der Waals surface area (Å²) in [6.45, 7) is 3.76. The second-order valence-corrected chi connectivity index (χ2v) is 18.6. The van der Waals surface area contributed by atoms with Gasteiger partial charge < -0.3 is 40.3 Å². The standard InChI is InChI=1S/C55H101NO8/c1-3-5-7-9-11-13-15-17-19-21-22-23-24-25-26-27-29-30-32-34-36-38-40-42-44-49(58)48(47-63-55-54(62)53(61)52(60)50(46-57)64-55)56-51(59)45-43-41-39-37-35-33-31-28-20-18-16-14-12-10-8-6-4-2/h18,20,27,29,34,36,42,44,48-50,52-55,57-58,60-62H,3-17,19,21-26,28,30-33,35,37-41,43,45-47H2,1-2H3,(H,56,59)/b20-18-,29-27+,36-34+,44-42+. The Kier molecular flexibility index (Phi) is 42.3. The molecule has 0 aromatic heterocycles. The van der Waals surface area contributed by atoms with Gasteiger partial charge in [0.2, 0.25) is 5.91 Å². The van der Waals surface area contributed by atoms with Gasteiger partial charge in [-0.25, -0.2) is 0 Å². The number of hydrogen-bond acceptors (Lipinski definition) is 8. The fourth-order valence-electron chi connectivity index (χ4n) is 8.30. The van der Waals surface area contributed by atoms with Gasteiger partial charge in [0, 0.05) is 6.42 Å². The molecule has 64 heavy (non-hydrogen) atoms. The highest BCUT2D eigenvalue weighted by Crippen LogP contribution is 2.23. The van der Waals surface area contributed by atoms with Crippen LogP contribution >= 0.6 is 0 Å². The van der Waals surface area contributed by atoms with E-state index in [9.17, 15) is 30.3 Å². The van der Waals surface area contributed by atoms with Crippen LogP contribution in [0.1, 0.15) is 239 Å². The van der Waals surface area contributed by atoms with Crippen LogP contribution in [0.25, 0.3) is 0 Å². The molecule has 1 heterocycles. The highest BCUT2D eigenvalue weighted by molar-refractivity contribution is 5.76. The first-order valence-corrected chi connectivity index (χ1v) is 26.9. The maximum absolute atomic E-state index is 13.0. The molecule has 1 aliphatic rings. The molecule has 7 unspecified atom stereocenters. The summed E-state index contributed by atoms with van der Waals surface area (Å²) in [7, 11) is 0. The van der Waals surface area contributed by atoms with Crippen LogP contribution in [-0.4, -0.2) is 87.5 Å². The molecule has 6 N–H and O–H groups in total. The molecule has 1 saturated heterocycles. The van der Waals surface area contributed by atoms with Gasteiger partial charge in [0.15, 0.2) is 6.29 Å². The Morgan fingerprint density at radius 2 is 0.891 bits per heavy atom. The summed E-state index contributed by atoms with van der Waals surface area (Å²) < 4.78 is 11.2. The highest BCUT2D eigenvalue weighted by atomic mass is 16.7. The van der Waals surface area contributed by atoms with Gasteiger partial charge in [-0.05, 0) is 70.6 Å². The summed E-state index contributed by atoms with van der Waals surface area (Å²) in [5, 5.41) is 54.4. The molecule has 0 spiro atoms. The summed E-state index contributed by atoms with van der Waals surface area (Å²) in [5.74, 6) is -0.195. The predicted octanol–water partition coefficient (Wildman–Crippen LogP) is 12.6. The first-order valence-electron chi connectivity index (χ1n) is 26.9. The fourth-order valence-corrected chi connectivity index (χ4v) is 8.30. The molecule has 9 nitrogen and oxygen atoms in total. The molecule has 0 bridgehead atoms. The van der Waals surface area contributed by atoms with Crippen molar-refractivity contribution < 1.29 is 39.8 Å². The zero-order valence-corrected chi connectivity index (χ0v) is 41.3. The van der Waals surface area contributed by atoms with E-state index in [1.54, 1.807) is 6.08 Å². The molecule has 374 valence electrons. The number of unbranched alkanes of at least 4 members (excludes halogenated alkanes) is 29. The fraction of sp³-hybridized carbons (Fsp3) is 0.836. The van der Waals surface area contributed by atoms with Crippen molar-refractivity contribution in [2.24, 2.45) is 0 Å². The molecule has 0 saturated carbocycles. The number of carbonyl (C=O) groups is 1. The largest absolute Gasteiger partial charge is 0.394 e. The molecule has 1 rings (SSSR count). The van der Waals surface area contributed by atoms with Crippen LogP contribution in [0.5, 0.6) is 0 Å². The lowest BCUT2D eigenvalue weighted by molar-refractivity contribution is -0.302. The van der Waals surface area contributed by atoms with Crippen molar-refractivity contribution in [2.45, 2.75) is 281 Å². The van der Waals surface area contributed by atoms with Crippen molar-refractivity contribution in [3.63, 3.8) is 0 Å². The Morgan fingerprint density at radius 1 is 0.516 bits per heavy atom. The maximum atomic E-state index is 13.0. The van der Waals surface area contributed by atoms with Crippen LogP contribution in [0.2, 0.25) is 0 Å². The van der Waals surface area contributed by atoms with Crippen molar-refractivity contribution in [3.8, 4) is 0 Å². The lowest BCUT2D eigenvalue weighted by atomic mass is 9.99. The third-order valence-corrected chi connectivity index (χ3v) is 12.6. The zero-order valence-electron chi connectivity index (χ0n) is 41.3. The van der Waals surface area contributed by atoms with Gasteiger partial charge in [0.05, 0.1) is 25.4 Å². The van der Waals surface area contributed by atoms with E-state index in [4.69, 9.17) is 9.47 Å². The summed E-state index contributed by atoms with van der Waals surface area (Å²) in [6, 6.07) is -0.831. The molecular formula is C55H101NO8. The average molecular weight is 904 g/mol. The molecule has 9 heteroatoms. The summed E-state index contributed by atoms with van der Waals surface area (Å²) >= 11 is 0. The van der Waals surface area contributed by atoms with E-state index in [-0.39, 0.29) is 12.5 Å². The van der Waals surface area contributed by atoms with Crippen molar-refractivity contribution in [1.82, 2.24) is 5.32 Å². The molecule has 7 atom stereocenters. The van der Waals surface area contributed by atoms with Crippen molar-refractivity contribution >= 4 is 5.91 Å². The molecule has 1 aliphatic heterocycles. The number of rotatable bonds is 45. The highest BCUT2D eigenvalue weighted by Gasteiger charge is 2.44. The average Bonchev–Trinajstić information content (AvgIpc) is 3.29. The minimum atomic E-state index is -1.58. The lowest BCUT2D eigenvalue weighted by Crippen LogP contribution is -2.60. The van der Waals surface area contributed by atoms with Crippen LogP contribution in [0.3, 0.4) is 0 Å². The van der Waals surface area contributed by atoms with E-state index in [0.29, 0.717) is 6.42 Å².